The summed E-state index contributed by atoms with van der Waals surface area (Å²) in [6.07, 6.45) is 3.52. The third-order valence-electron chi connectivity index (χ3n) is 3.30. The van der Waals surface area contributed by atoms with E-state index in [9.17, 15) is 0 Å². The van der Waals surface area contributed by atoms with E-state index in [-0.39, 0.29) is 6.04 Å². The van der Waals surface area contributed by atoms with Crippen molar-refractivity contribution < 1.29 is 0 Å². The Morgan fingerprint density at radius 3 is 2.38 bits per heavy atom. The Morgan fingerprint density at radius 2 is 1.71 bits per heavy atom. The van der Waals surface area contributed by atoms with Gasteiger partial charge in [0.1, 0.15) is 0 Å². The number of halogens is 2. The molecule has 2 heterocycles. The molecule has 0 aliphatic heterocycles. The first-order valence-corrected chi connectivity index (χ1v) is 8.46. The molecule has 2 aromatic heterocycles. The third-order valence-corrected chi connectivity index (χ3v) is 3.94. The monoisotopic (exact) mass is 379 g/mol. The van der Waals surface area contributed by atoms with Gasteiger partial charge in [-0.25, -0.2) is 9.67 Å². The highest BCUT2D eigenvalue weighted by molar-refractivity contribution is 7.80. The molecule has 0 saturated heterocycles. The van der Waals surface area contributed by atoms with Gasteiger partial charge in [0.25, 0.3) is 0 Å². The average Bonchev–Trinajstić information content (AvgIpc) is 2.89. The first kappa shape index (κ1) is 17.0. The number of nitrogens with zero attached hydrogens (tertiary/aromatic N) is 3. The van der Waals surface area contributed by atoms with Crippen molar-refractivity contribution in [1.82, 2.24) is 14.8 Å². The second kappa shape index (κ2) is 6.93. The summed E-state index contributed by atoms with van der Waals surface area (Å²) in [5, 5.41) is 12.9. The van der Waals surface area contributed by atoms with Crippen molar-refractivity contribution in [1.29, 1.82) is 0 Å². The van der Waals surface area contributed by atoms with Crippen LogP contribution < -0.4 is 10.6 Å². The van der Waals surface area contributed by atoms with Gasteiger partial charge in [-0.15, -0.1) is 0 Å². The molecule has 0 aliphatic carbocycles. The van der Waals surface area contributed by atoms with Crippen molar-refractivity contribution >= 4 is 62.9 Å². The van der Waals surface area contributed by atoms with Crippen LogP contribution >= 0.6 is 35.4 Å². The molecule has 0 radical (unpaired) electrons. The van der Waals surface area contributed by atoms with Gasteiger partial charge in [-0.3, -0.25) is 0 Å². The van der Waals surface area contributed by atoms with E-state index >= 15 is 0 Å². The quantitative estimate of drug-likeness (QED) is 0.617. The number of thiocarbonyl (C=S) groups is 1. The van der Waals surface area contributed by atoms with Gasteiger partial charge < -0.3 is 10.6 Å². The van der Waals surface area contributed by atoms with E-state index in [1.54, 1.807) is 30.6 Å². The predicted octanol–water partition coefficient (Wildman–Crippen LogP) is 5.13. The van der Waals surface area contributed by atoms with Gasteiger partial charge in [0.05, 0.1) is 18.1 Å². The van der Waals surface area contributed by atoms with Crippen LogP contribution in [-0.4, -0.2) is 19.9 Å². The first-order chi connectivity index (χ1) is 11.4. The zero-order valence-corrected chi connectivity index (χ0v) is 15.4. The molecule has 0 atom stereocenters. The van der Waals surface area contributed by atoms with E-state index in [2.05, 4.69) is 34.6 Å². The molecule has 5 nitrogen and oxygen atoms in total. The minimum atomic E-state index is 0.254. The maximum Gasteiger partial charge on any atom is 0.175 e. The smallest absolute Gasteiger partial charge is 0.175 e. The fraction of sp³-hybridized carbons (Fsp3) is 0.188. The van der Waals surface area contributed by atoms with E-state index in [0.29, 0.717) is 20.8 Å². The number of pyridine rings is 1. The topological polar surface area (TPSA) is 54.8 Å². The summed E-state index contributed by atoms with van der Waals surface area (Å²) in [4.78, 5) is 4.46. The van der Waals surface area contributed by atoms with Crippen LogP contribution in [0, 0.1) is 0 Å². The van der Waals surface area contributed by atoms with Gasteiger partial charge in [-0.1, -0.05) is 23.2 Å². The lowest BCUT2D eigenvalue weighted by atomic mass is 10.3. The van der Waals surface area contributed by atoms with Crippen molar-refractivity contribution in [3.8, 4) is 0 Å². The van der Waals surface area contributed by atoms with Crippen LogP contribution in [0.15, 0.2) is 36.7 Å². The average molecular weight is 380 g/mol. The summed E-state index contributed by atoms with van der Waals surface area (Å²) in [6, 6.07) is 7.36. The van der Waals surface area contributed by atoms with E-state index in [4.69, 9.17) is 35.4 Å². The largest absolute Gasteiger partial charge is 0.332 e. The highest BCUT2D eigenvalue weighted by atomic mass is 35.5. The standard InChI is InChI=1S/C16H15Cl2N5S/c1-9(2)23-15-10(7-20-23)3-14(8-19-15)22-16(24)21-13-5-11(17)4-12(18)6-13/h3-9H,1-2H3,(H2,21,22,24). The zero-order valence-electron chi connectivity index (χ0n) is 13.0. The Hall–Kier alpha value is -1.89. The second-order valence-corrected chi connectivity index (χ2v) is 6.84. The normalized spacial score (nSPS) is 11.0. The van der Waals surface area contributed by atoms with Crippen LogP contribution in [-0.2, 0) is 0 Å². The number of rotatable bonds is 3. The van der Waals surface area contributed by atoms with E-state index in [1.807, 2.05) is 10.7 Å². The Kier molecular flexibility index (Phi) is 4.89. The molecular weight excluding hydrogens is 365 g/mol. The second-order valence-electron chi connectivity index (χ2n) is 5.56. The summed E-state index contributed by atoms with van der Waals surface area (Å²) >= 11 is 17.3. The highest BCUT2D eigenvalue weighted by Gasteiger charge is 2.08. The molecule has 0 saturated carbocycles. The maximum atomic E-state index is 5.98. The fourth-order valence-corrected chi connectivity index (χ4v) is 3.07. The summed E-state index contributed by atoms with van der Waals surface area (Å²) in [5.74, 6) is 0. The number of benzene rings is 1. The molecule has 0 unspecified atom stereocenters. The molecule has 0 bridgehead atoms. The summed E-state index contributed by atoms with van der Waals surface area (Å²) < 4.78 is 1.88. The molecular formula is C16H15Cl2N5S. The fourth-order valence-electron chi connectivity index (χ4n) is 2.31. The van der Waals surface area contributed by atoms with Crippen LogP contribution in [0.5, 0.6) is 0 Å². The molecule has 0 amide bonds. The minimum absolute atomic E-state index is 0.254. The van der Waals surface area contributed by atoms with Crippen molar-refractivity contribution in [2.75, 3.05) is 10.6 Å². The molecule has 0 spiro atoms. The molecule has 8 heteroatoms. The Labute approximate surface area is 155 Å². The molecule has 0 fully saturated rings. The van der Waals surface area contributed by atoms with Crippen LogP contribution in [0.3, 0.4) is 0 Å². The molecule has 3 rings (SSSR count). The number of anilines is 2. The summed E-state index contributed by atoms with van der Waals surface area (Å²) in [6.45, 7) is 4.13. The van der Waals surface area contributed by atoms with Crippen molar-refractivity contribution in [2.24, 2.45) is 0 Å². The van der Waals surface area contributed by atoms with E-state index < -0.39 is 0 Å². The van der Waals surface area contributed by atoms with Crippen LogP contribution in [0.25, 0.3) is 11.0 Å². The first-order valence-electron chi connectivity index (χ1n) is 7.30. The number of hydrogen-bond acceptors (Lipinski definition) is 3. The SMILES string of the molecule is CC(C)n1ncc2cc(NC(=S)Nc3cc(Cl)cc(Cl)c3)cnc21. The highest BCUT2D eigenvalue weighted by Crippen LogP contribution is 2.23. The van der Waals surface area contributed by atoms with E-state index in [0.717, 1.165) is 16.7 Å². The number of fused-ring (bicyclic) bond motifs is 1. The van der Waals surface area contributed by atoms with Crippen molar-refractivity contribution in [2.45, 2.75) is 19.9 Å². The van der Waals surface area contributed by atoms with E-state index in [1.165, 1.54) is 0 Å². The van der Waals surface area contributed by atoms with Crippen molar-refractivity contribution in [3.05, 3.63) is 46.7 Å². The Bertz CT molecular complexity index is 886. The zero-order chi connectivity index (χ0) is 17.3. The third kappa shape index (κ3) is 3.77. The molecule has 0 aliphatic rings. The van der Waals surface area contributed by atoms with Gasteiger partial charge in [0.2, 0.25) is 0 Å². The van der Waals surface area contributed by atoms with Crippen LogP contribution in [0.1, 0.15) is 19.9 Å². The lowest BCUT2D eigenvalue weighted by Gasteiger charge is -2.11. The lowest BCUT2D eigenvalue weighted by Crippen LogP contribution is -2.19. The van der Waals surface area contributed by atoms with Gasteiger partial charge in [0, 0.05) is 27.2 Å². The summed E-state index contributed by atoms with van der Waals surface area (Å²) in [7, 11) is 0. The Balaban J connectivity index is 1.75. The Morgan fingerprint density at radius 1 is 1.04 bits per heavy atom. The number of nitrogens with one attached hydrogen (secondary N) is 2. The van der Waals surface area contributed by atoms with Crippen molar-refractivity contribution in [3.63, 3.8) is 0 Å². The van der Waals surface area contributed by atoms with Gasteiger partial charge in [0.15, 0.2) is 10.8 Å². The molecule has 1 aromatic carbocycles. The van der Waals surface area contributed by atoms with Gasteiger partial charge >= 0.3 is 0 Å². The van der Waals surface area contributed by atoms with Crippen LogP contribution in [0.4, 0.5) is 11.4 Å². The number of aromatic nitrogens is 3. The molecule has 124 valence electrons. The van der Waals surface area contributed by atoms with Gasteiger partial charge in [-0.05, 0) is 50.3 Å². The van der Waals surface area contributed by atoms with Crippen LogP contribution in [0.2, 0.25) is 10.0 Å². The minimum Gasteiger partial charge on any atom is -0.332 e. The lowest BCUT2D eigenvalue weighted by molar-refractivity contribution is 0.546. The summed E-state index contributed by atoms with van der Waals surface area (Å²) in [5.41, 5.74) is 2.33. The maximum absolute atomic E-state index is 5.98. The molecule has 24 heavy (non-hydrogen) atoms. The number of hydrogen-bond donors (Lipinski definition) is 2. The molecule has 2 N–H and O–H groups in total. The van der Waals surface area contributed by atoms with Gasteiger partial charge in [-0.2, -0.15) is 5.10 Å². The molecule has 3 aromatic rings. The predicted molar refractivity (Wildman–Crippen MR) is 104 cm³/mol.